The first-order chi connectivity index (χ1) is 15.2. The molecule has 0 aliphatic heterocycles. The minimum atomic E-state index is 0.0356. The molecule has 0 atom stereocenters. The molecule has 2 aromatic heterocycles. The highest BCUT2D eigenvalue weighted by molar-refractivity contribution is 7.99. The standard InChI is InChI=1S/C23H23N5O2S/c1-30-17-12-10-15(11-13-17)21-25-19-9-5-4-8-18(19)22-26-27-23(28(21)22)31-14-20(29)24-16-6-2-3-7-16/h4-5,8-13,16H,2-3,6-7,14H2,1H3,(H,24,29). The predicted molar refractivity (Wildman–Crippen MR) is 121 cm³/mol. The van der Waals surface area contributed by atoms with Crippen molar-refractivity contribution in [2.75, 3.05) is 12.9 Å². The van der Waals surface area contributed by atoms with Crippen LogP contribution in [-0.2, 0) is 4.79 Å². The maximum Gasteiger partial charge on any atom is 0.230 e. The summed E-state index contributed by atoms with van der Waals surface area (Å²) >= 11 is 1.39. The van der Waals surface area contributed by atoms with Gasteiger partial charge in [-0.2, -0.15) is 0 Å². The molecule has 1 amide bonds. The van der Waals surface area contributed by atoms with E-state index in [2.05, 4.69) is 15.5 Å². The highest BCUT2D eigenvalue weighted by Gasteiger charge is 2.20. The Morgan fingerprint density at radius 3 is 2.68 bits per heavy atom. The van der Waals surface area contributed by atoms with E-state index in [1.54, 1.807) is 7.11 Å². The molecule has 4 aromatic rings. The quantitative estimate of drug-likeness (QED) is 0.461. The summed E-state index contributed by atoms with van der Waals surface area (Å²) in [5.74, 6) is 1.85. The van der Waals surface area contributed by atoms with E-state index in [-0.39, 0.29) is 5.91 Å². The molecule has 1 fully saturated rings. The molecule has 0 unspecified atom stereocenters. The molecule has 5 rings (SSSR count). The summed E-state index contributed by atoms with van der Waals surface area (Å²) in [5, 5.41) is 13.6. The van der Waals surface area contributed by atoms with Gasteiger partial charge in [-0.3, -0.25) is 9.20 Å². The monoisotopic (exact) mass is 433 g/mol. The summed E-state index contributed by atoms with van der Waals surface area (Å²) in [7, 11) is 1.65. The molecule has 1 N–H and O–H groups in total. The van der Waals surface area contributed by atoms with Gasteiger partial charge in [-0.1, -0.05) is 36.7 Å². The second-order valence-corrected chi connectivity index (χ2v) is 8.60. The number of nitrogens with zero attached hydrogens (tertiary/aromatic N) is 4. The second-order valence-electron chi connectivity index (χ2n) is 7.66. The number of fused-ring (bicyclic) bond motifs is 3. The van der Waals surface area contributed by atoms with Crippen LogP contribution in [0.1, 0.15) is 25.7 Å². The van der Waals surface area contributed by atoms with E-state index in [9.17, 15) is 4.79 Å². The smallest absolute Gasteiger partial charge is 0.230 e. The van der Waals surface area contributed by atoms with Crippen LogP contribution >= 0.6 is 11.8 Å². The van der Waals surface area contributed by atoms with Crippen molar-refractivity contribution in [3.05, 3.63) is 48.5 Å². The summed E-state index contributed by atoms with van der Waals surface area (Å²) in [6.45, 7) is 0. The SMILES string of the molecule is COc1ccc(-c2nc3ccccc3c3nnc(SCC(=O)NC4CCCC4)n23)cc1. The molecule has 7 nitrogen and oxygen atoms in total. The number of benzene rings is 2. The van der Waals surface area contributed by atoms with Crippen LogP contribution in [0.15, 0.2) is 53.7 Å². The minimum absolute atomic E-state index is 0.0356. The summed E-state index contributed by atoms with van der Waals surface area (Å²) in [5.41, 5.74) is 2.51. The van der Waals surface area contributed by atoms with Crippen molar-refractivity contribution in [3.8, 4) is 17.1 Å². The summed E-state index contributed by atoms with van der Waals surface area (Å²) in [4.78, 5) is 17.3. The number of nitrogens with one attached hydrogen (secondary N) is 1. The molecule has 1 aliphatic rings. The molecule has 2 aromatic carbocycles. The fourth-order valence-electron chi connectivity index (χ4n) is 4.06. The molecule has 0 saturated heterocycles. The molecule has 31 heavy (non-hydrogen) atoms. The molecule has 8 heteroatoms. The number of carbonyl (C=O) groups is 1. The number of ether oxygens (including phenoxy) is 1. The van der Waals surface area contributed by atoms with Crippen molar-refractivity contribution in [1.82, 2.24) is 24.9 Å². The first kappa shape index (κ1) is 19.8. The molecule has 1 saturated carbocycles. The number of para-hydroxylation sites is 1. The van der Waals surface area contributed by atoms with Crippen LogP contribution in [0, 0.1) is 0 Å². The number of amides is 1. The molecule has 0 bridgehead atoms. The van der Waals surface area contributed by atoms with Gasteiger partial charge in [0.15, 0.2) is 10.8 Å². The molecule has 1 aliphatic carbocycles. The summed E-state index contributed by atoms with van der Waals surface area (Å²) < 4.78 is 7.23. The summed E-state index contributed by atoms with van der Waals surface area (Å²) in [6, 6.07) is 16.0. The molecule has 158 valence electrons. The second kappa shape index (κ2) is 8.55. The van der Waals surface area contributed by atoms with Gasteiger partial charge in [-0.25, -0.2) is 4.98 Å². The van der Waals surface area contributed by atoms with Crippen molar-refractivity contribution >= 4 is 34.2 Å². The molecule has 0 spiro atoms. The fraction of sp³-hybridized carbons (Fsp3) is 0.304. The third-order valence-corrected chi connectivity index (χ3v) is 6.55. The maximum atomic E-state index is 12.4. The van der Waals surface area contributed by atoms with Crippen molar-refractivity contribution in [1.29, 1.82) is 0 Å². The van der Waals surface area contributed by atoms with E-state index in [0.717, 1.165) is 46.5 Å². The minimum Gasteiger partial charge on any atom is -0.497 e. The van der Waals surface area contributed by atoms with E-state index in [0.29, 0.717) is 17.0 Å². The van der Waals surface area contributed by atoms with Gasteiger partial charge in [0.1, 0.15) is 11.6 Å². The number of thioether (sulfide) groups is 1. The van der Waals surface area contributed by atoms with Gasteiger partial charge in [0.25, 0.3) is 0 Å². The van der Waals surface area contributed by atoms with Gasteiger partial charge >= 0.3 is 0 Å². The highest BCUT2D eigenvalue weighted by atomic mass is 32.2. The average Bonchev–Trinajstić information content (AvgIpc) is 3.47. The Bertz CT molecular complexity index is 1230. The molecular formula is C23H23N5O2S. The zero-order valence-electron chi connectivity index (χ0n) is 17.2. The number of aromatic nitrogens is 4. The van der Waals surface area contributed by atoms with Crippen molar-refractivity contribution in [3.63, 3.8) is 0 Å². The number of rotatable bonds is 6. The Kier molecular flexibility index (Phi) is 5.46. The third-order valence-electron chi connectivity index (χ3n) is 5.62. The van der Waals surface area contributed by atoms with Crippen LogP contribution in [0.3, 0.4) is 0 Å². The third kappa shape index (κ3) is 3.95. The van der Waals surface area contributed by atoms with Gasteiger partial charge in [-0.15, -0.1) is 10.2 Å². The van der Waals surface area contributed by atoms with Crippen molar-refractivity contribution < 1.29 is 9.53 Å². The highest BCUT2D eigenvalue weighted by Crippen LogP contribution is 2.30. The van der Waals surface area contributed by atoms with Crippen molar-refractivity contribution in [2.45, 2.75) is 36.9 Å². The van der Waals surface area contributed by atoms with E-state index >= 15 is 0 Å². The number of methoxy groups -OCH3 is 1. The van der Waals surface area contributed by atoms with Crippen LogP contribution in [0.25, 0.3) is 27.9 Å². The van der Waals surface area contributed by atoms with Crippen LogP contribution in [0.5, 0.6) is 5.75 Å². The number of carbonyl (C=O) groups excluding carboxylic acids is 1. The Morgan fingerprint density at radius 1 is 1.13 bits per heavy atom. The Balaban J connectivity index is 1.52. The molecule has 2 heterocycles. The van der Waals surface area contributed by atoms with Gasteiger partial charge in [-0.05, 0) is 49.2 Å². The van der Waals surface area contributed by atoms with E-state index in [1.165, 1.54) is 24.6 Å². The average molecular weight is 434 g/mol. The van der Waals surface area contributed by atoms with E-state index < -0.39 is 0 Å². The normalized spacial score (nSPS) is 14.4. The lowest BCUT2D eigenvalue weighted by Gasteiger charge is -2.12. The Hall–Kier alpha value is -3.13. The largest absolute Gasteiger partial charge is 0.497 e. The Labute approximate surface area is 184 Å². The maximum absolute atomic E-state index is 12.4. The van der Waals surface area contributed by atoms with Gasteiger partial charge < -0.3 is 10.1 Å². The van der Waals surface area contributed by atoms with Gasteiger partial charge in [0.05, 0.1) is 18.4 Å². The number of hydrogen-bond donors (Lipinski definition) is 1. The Morgan fingerprint density at radius 2 is 1.90 bits per heavy atom. The van der Waals surface area contributed by atoms with Crippen LogP contribution in [0.4, 0.5) is 0 Å². The van der Waals surface area contributed by atoms with Gasteiger partial charge in [0, 0.05) is 17.0 Å². The first-order valence-corrected chi connectivity index (χ1v) is 11.4. The lowest BCUT2D eigenvalue weighted by molar-refractivity contribution is -0.119. The molecule has 0 radical (unpaired) electrons. The predicted octanol–water partition coefficient (Wildman–Crippen LogP) is 4.10. The first-order valence-electron chi connectivity index (χ1n) is 10.4. The molecular weight excluding hydrogens is 410 g/mol. The topological polar surface area (TPSA) is 81.4 Å². The van der Waals surface area contributed by atoms with Crippen LogP contribution in [-0.4, -0.2) is 44.4 Å². The zero-order valence-corrected chi connectivity index (χ0v) is 18.1. The fourth-order valence-corrected chi connectivity index (χ4v) is 4.80. The number of hydrogen-bond acceptors (Lipinski definition) is 6. The lowest BCUT2D eigenvalue weighted by Crippen LogP contribution is -2.33. The van der Waals surface area contributed by atoms with Crippen LogP contribution in [0.2, 0.25) is 0 Å². The van der Waals surface area contributed by atoms with Gasteiger partial charge in [0.2, 0.25) is 5.91 Å². The van der Waals surface area contributed by atoms with E-state index in [1.807, 2.05) is 52.9 Å². The zero-order chi connectivity index (χ0) is 21.2. The summed E-state index contributed by atoms with van der Waals surface area (Å²) in [6.07, 6.45) is 4.53. The van der Waals surface area contributed by atoms with Crippen molar-refractivity contribution in [2.24, 2.45) is 0 Å². The lowest BCUT2D eigenvalue weighted by atomic mass is 10.1. The van der Waals surface area contributed by atoms with Crippen LogP contribution < -0.4 is 10.1 Å². The van der Waals surface area contributed by atoms with E-state index in [4.69, 9.17) is 9.72 Å².